The van der Waals surface area contributed by atoms with Crippen LogP contribution in [0.15, 0.2) is 67.1 Å². The number of methoxy groups -OCH3 is 1. The minimum absolute atomic E-state index is 0.508. The van der Waals surface area contributed by atoms with E-state index >= 15 is 0 Å². The first-order valence-electron chi connectivity index (χ1n) is 10.4. The molecule has 1 saturated heterocycles. The number of para-hydroxylation sites is 2. The van der Waals surface area contributed by atoms with Crippen LogP contribution < -0.4 is 10.1 Å². The van der Waals surface area contributed by atoms with Crippen molar-refractivity contribution in [3.8, 4) is 16.9 Å². The number of ether oxygens (including phenoxy) is 2. The maximum Gasteiger partial charge on any atom is 0.164 e. The molecule has 0 aliphatic carbocycles. The molecular formula is C24H24N4O4. The van der Waals surface area contributed by atoms with Crippen LogP contribution in [-0.4, -0.2) is 50.2 Å². The molecule has 8 nitrogen and oxygen atoms in total. The van der Waals surface area contributed by atoms with Gasteiger partial charge in [0.2, 0.25) is 0 Å². The normalized spacial score (nSPS) is 22.9. The molecule has 3 heterocycles. The summed E-state index contributed by atoms with van der Waals surface area (Å²) in [4.78, 5) is 9.02. The van der Waals surface area contributed by atoms with Crippen molar-refractivity contribution in [2.45, 2.75) is 31.5 Å². The number of rotatable bonds is 5. The van der Waals surface area contributed by atoms with Gasteiger partial charge in [0, 0.05) is 23.0 Å². The van der Waals surface area contributed by atoms with Crippen LogP contribution >= 0.6 is 0 Å². The quantitative estimate of drug-likeness (QED) is 0.444. The van der Waals surface area contributed by atoms with E-state index in [1.807, 2.05) is 60.8 Å². The van der Waals surface area contributed by atoms with Gasteiger partial charge in [0.1, 0.15) is 35.7 Å². The van der Waals surface area contributed by atoms with E-state index in [0.717, 1.165) is 22.2 Å². The maximum absolute atomic E-state index is 10.6. The summed E-state index contributed by atoms with van der Waals surface area (Å²) in [5, 5.41) is 25.0. The summed E-state index contributed by atoms with van der Waals surface area (Å²) < 4.78 is 13.3. The van der Waals surface area contributed by atoms with E-state index in [9.17, 15) is 10.2 Å². The Balaban J connectivity index is 1.74. The number of anilines is 2. The number of aliphatic hydroxyl groups excluding tert-OH is 2. The predicted octanol–water partition coefficient (Wildman–Crippen LogP) is 3.49. The van der Waals surface area contributed by atoms with Gasteiger partial charge < -0.3 is 29.6 Å². The second-order valence-electron chi connectivity index (χ2n) is 7.78. The van der Waals surface area contributed by atoms with Crippen molar-refractivity contribution in [2.75, 3.05) is 12.4 Å². The Morgan fingerprint density at radius 1 is 0.969 bits per heavy atom. The molecule has 2 aromatic heterocycles. The first kappa shape index (κ1) is 20.4. The topological polar surface area (TPSA) is 102 Å². The number of fused-ring (bicyclic) bond motifs is 1. The zero-order valence-electron chi connectivity index (χ0n) is 17.7. The lowest BCUT2D eigenvalue weighted by atomic mass is 10.0. The number of benzene rings is 2. The number of aliphatic hydroxyl groups is 2. The summed E-state index contributed by atoms with van der Waals surface area (Å²) in [7, 11) is 1.62. The average Bonchev–Trinajstić information content (AvgIpc) is 3.33. The van der Waals surface area contributed by atoms with E-state index in [1.165, 1.54) is 6.33 Å². The molecule has 5 rings (SSSR count). The van der Waals surface area contributed by atoms with Crippen LogP contribution in [0.1, 0.15) is 13.2 Å². The Morgan fingerprint density at radius 2 is 1.72 bits per heavy atom. The lowest BCUT2D eigenvalue weighted by Crippen LogP contribution is -2.30. The van der Waals surface area contributed by atoms with Gasteiger partial charge in [-0.15, -0.1) is 0 Å². The van der Waals surface area contributed by atoms with Crippen LogP contribution in [0.25, 0.3) is 22.2 Å². The predicted molar refractivity (Wildman–Crippen MR) is 121 cm³/mol. The first-order valence-corrected chi connectivity index (χ1v) is 10.4. The van der Waals surface area contributed by atoms with Crippen molar-refractivity contribution in [1.82, 2.24) is 14.5 Å². The molecule has 8 heteroatoms. The van der Waals surface area contributed by atoms with Gasteiger partial charge in [0.05, 0.1) is 18.6 Å². The molecule has 0 radical (unpaired) electrons. The molecule has 1 aliphatic rings. The third-order valence-corrected chi connectivity index (χ3v) is 5.79. The van der Waals surface area contributed by atoms with Crippen molar-refractivity contribution >= 4 is 22.5 Å². The van der Waals surface area contributed by atoms with Gasteiger partial charge in [0.15, 0.2) is 6.23 Å². The summed E-state index contributed by atoms with van der Waals surface area (Å²) in [6.07, 6.45) is -0.0394. The van der Waals surface area contributed by atoms with Crippen molar-refractivity contribution < 1.29 is 19.7 Å². The smallest absolute Gasteiger partial charge is 0.164 e. The minimum Gasteiger partial charge on any atom is -0.496 e. The highest BCUT2D eigenvalue weighted by atomic mass is 16.6. The highest BCUT2D eigenvalue weighted by Gasteiger charge is 2.42. The number of hydrogen-bond donors (Lipinski definition) is 3. The molecule has 1 aliphatic heterocycles. The van der Waals surface area contributed by atoms with E-state index < -0.39 is 24.5 Å². The molecule has 4 aromatic rings. The molecule has 1 fully saturated rings. The number of aromatic nitrogens is 3. The monoisotopic (exact) mass is 432 g/mol. The second kappa shape index (κ2) is 8.23. The minimum atomic E-state index is -1.09. The molecule has 0 bridgehead atoms. The summed E-state index contributed by atoms with van der Waals surface area (Å²) >= 11 is 0. The molecule has 0 spiro atoms. The van der Waals surface area contributed by atoms with Crippen LogP contribution in [0.3, 0.4) is 0 Å². The van der Waals surface area contributed by atoms with Crippen LogP contribution in [0.2, 0.25) is 0 Å². The van der Waals surface area contributed by atoms with Crippen LogP contribution in [-0.2, 0) is 4.74 Å². The fourth-order valence-electron chi connectivity index (χ4n) is 4.16. The van der Waals surface area contributed by atoms with Gasteiger partial charge in [-0.05, 0) is 25.1 Å². The van der Waals surface area contributed by atoms with E-state index in [4.69, 9.17) is 9.47 Å². The van der Waals surface area contributed by atoms with Crippen LogP contribution in [0.4, 0.5) is 11.5 Å². The lowest BCUT2D eigenvalue weighted by molar-refractivity contribution is -0.0295. The SMILES string of the molecule is COc1ccccc1-c1cn([C@@H]2O[C@H](C)[C@@H](O)[C@H]2O)c2ncnc(Nc3ccccc3)c12. The standard InChI is InChI=1S/C24H24N4O4/c1-14-20(29)21(30)24(32-14)28-12-17(16-10-6-7-11-18(16)31-2)19-22(25-13-26-23(19)28)27-15-8-4-3-5-9-15/h3-14,20-21,24,29-30H,1-2H3,(H,25,26,27)/t14-,20-,21-,24-/m1/s1. The highest BCUT2D eigenvalue weighted by Crippen LogP contribution is 2.42. The van der Waals surface area contributed by atoms with Gasteiger partial charge in [-0.2, -0.15) is 0 Å². The Bertz CT molecular complexity index is 1240. The molecule has 0 saturated carbocycles. The van der Waals surface area contributed by atoms with E-state index in [0.29, 0.717) is 17.2 Å². The Morgan fingerprint density at radius 3 is 2.44 bits per heavy atom. The van der Waals surface area contributed by atoms with Gasteiger partial charge in [-0.25, -0.2) is 9.97 Å². The van der Waals surface area contributed by atoms with Crippen molar-refractivity contribution in [1.29, 1.82) is 0 Å². The lowest BCUT2D eigenvalue weighted by Gasteiger charge is -2.17. The number of nitrogens with zero attached hydrogens (tertiary/aromatic N) is 3. The third kappa shape index (κ3) is 3.38. The van der Waals surface area contributed by atoms with E-state index in [2.05, 4.69) is 15.3 Å². The van der Waals surface area contributed by atoms with Crippen LogP contribution in [0, 0.1) is 0 Å². The summed E-state index contributed by atoms with van der Waals surface area (Å²) in [5.41, 5.74) is 3.13. The largest absolute Gasteiger partial charge is 0.496 e. The van der Waals surface area contributed by atoms with Crippen molar-refractivity contribution in [3.05, 3.63) is 67.1 Å². The summed E-state index contributed by atoms with van der Waals surface area (Å²) in [6, 6.07) is 17.4. The van der Waals surface area contributed by atoms with Crippen molar-refractivity contribution in [2.24, 2.45) is 0 Å². The number of nitrogens with one attached hydrogen (secondary N) is 1. The Labute approximate surface area is 185 Å². The zero-order chi connectivity index (χ0) is 22.2. The molecule has 0 amide bonds. The maximum atomic E-state index is 10.6. The third-order valence-electron chi connectivity index (χ3n) is 5.79. The van der Waals surface area contributed by atoms with Gasteiger partial charge in [-0.3, -0.25) is 0 Å². The van der Waals surface area contributed by atoms with Gasteiger partial charge >= 0.3 is 0 Å². The fraction of sp³-hybridized carbons (Fsp3) is 0.250. The zero-order valence-corrected chi connectivity index (χ0v) is 17.7. The fourth-order valence-corrected chi connectivity index (χ4v) is 4.16. The number of hydrogen-bond acceptors (Lipinski definition) is 7. The molecule has 4 atom stereocenters. The molecule has 164 valence electrons. The first-order chi connectivity index (χ1) is 15.6. The summed E-state index contributed by atoms with van der Waals surface area (Å²) in [6.45, 7) is 1.73. The molecule has 0 unspecified atom stereocenters. The molecule has 32 heavy (non-hydrogen) atoms. The molecule has 3 N–H and O–H groups in total. The average molecular weight is 432 g/mol. The Kier molecular flexibility index (Phi) is 5.26. The molecule has 2 aromatic carbocycles. The molecular weight excluding hydrogens is 408 g/mol. The van der Waals surface area contributed by atoms with Gasteiger partial charge in [0.25, 0.3) is 0 Å². The second-order valence-corrected chi connectivity index (χ2v) is 7.78. The van der Waals surface area contributed by atoms with Crippen molar-refractivity contribution in [3.63, 3.8) is 0 Å². The van der Waals surface area contributed by atoms with E-state index in [-0.39, 0.29) is 0 Å². The Hall–Kier alpha value is -3.46. The van der Waals surface area contributed by atoms with Crippen LogP contribution in [0.5, 0.6) is 5.75 Å². The highest BCUT2D eigenvalue weighted by molar-refractivity contribution is 6.03. The van der Waals surface area contributed by atoms with E-state index in [1.54, 1.807) is 18.6 Å². The van der Waals surface area contributed by atoms with Gasteiger partial charge in [-0.1, -0.05) is 36.4 Å². The summed E-state index contributed by atoms with van der Waals surface area (Å²) in [5.74, 6) is 1.31.